The number of thiophene rings is 1. The van der Waals surface area contributed by atoms with E-state index in [1.54, 1.807) is 20.0 Å². The first-order chi connectivity index (χ1) is 16.5. The molecule has 0 saturated carbocycles. The van der Waals surface area contributed by atoms with Crippen molar-refractivity contribution in [1.29, 1.82) is 0 Å². The molecule has 0 aliphatic carbocycles. The van der Waals surface area contributed by atoms with E-state index in [4.69, 9.17) is 9.47 Å². The molecule has 3 heterocycles. The highest BCUT2D eigenvalue weighted by Crippen LogP contribution is 2.34. The standard InChI is InChI=1S/C25H23N3O5S/c1-3-32-24(30)21-16(2)22(25(31)33-15-17-9-5-4-6-10-17)34-23(21)27-20(29)13-18-14-28-12-8-7-11-19(28)26-18/h4-12,14H,3,13,15H2,1-2H3,(H,27,29). The largest absolute Gasteiger partial charge is 0.462 e. The Balaban J connectivity index is 1.54. The van der Waals surface area contributed by atoms with Crippen molar-refractivity contribution in [1.82, 2.24) is 9.38 Å². The number of hydrogen-bond acceptors (Lipinski definition) is 7. The molecule has 1 N–H and O–H groups in total. The number of fused-ring (bicyclic) bond motifs is 1. The van der Waals surface area contributed by atoms with E-state index in [0.717, 1.165) is 22.5 Å². The Morgan fingerprint density at radius 1 is 1.03 bits per heavy atom. The summed E-state index contributed by atoms with van der Waals surface area (Å²) in [7, 11) is 0. The van der Waals surface area contributed by atoms with E-state index in [1.165, 1.54) is 0 Å². The molecule has 1 aromatic carbocycles. The molecule has 0 bridgehead atoms. The Hall–Kier alpha value is -3.98. The molecule has 0 fully saturated rings. The van der Waals surface area contributed by atoms with Crippen molar-refractivity contribution >= 4 is 39.8 Å². The molecule has 4 rings (SSSR count). The third-order valence-electron chi connectivity index (χ3n) is 5.03. The maximum Gasteiger partial charge on any atom is 0.349 e. The number of nitrogens with zero attached hydrogens (tertiary/aromatic N) is 2. The van der Waals surface area contributed by atoms with Crippen LogP contribution in [0.1, 0.15) is 43.8 Å². The number of carbonyl (C=O) groups excluding carboxylic acids is 3. The van der Waals surface area contributed by atoms with Crippen molar-refractivity contribution in [2.75, 3.05) is 11.9 Å². The number of amides is 1. The number of benzene rings is 1. The minimum absolute atomic E-state index is 0.00861. The molecule has 0 radical (unpaired) electrons. The number of esters is 2. The minimum Gasteiger partial charge on any atom is -0.462 e. The van der Waals surface area contributed by atoms with Crippen LogP contribution in [0.25, 0.3) is 5.65 Å². The smallest absolute Gasteiger partial charge is 0.349 e. The molecule has 3 aromatic heterocycles. The van der Waals surface area contributed by atoms with Crippen molar-refractivity contribution in [2.24, 2.45) is 0 Å². The Morgan fingerprint density at radius 2 is 1.79 bits per heavy atom. The number of ether oxygens (including phenoxy) is 2. The van der Waals surface area contributed by atoms with Gasteiger partial charge in [-0.15, -0.1) is 11.3 Å². The lowest BCUT2D eigenvalue weighted by atomic mass is 10.1. The van der Waals surface area contributed by atoms with Gasteiger partial charge in [-0.3, -0.25) is 4.79 Å². The summed E-state index contributed by atoms with van der Waals surface area (Å²) in [6, 6.07) is 14.9. The van der Waals surface area contributed by atoms with Gasteiger partial charge < -0.3 is 19.2 Å². The lowest BCUT2D eigenvalue weighted by Crippen LogP contribution is -2.16. The predicted octanol–water partition coefficient (Wildman–Crippen LogP) is 4.42. The van der Waals surface area contributed by atoms with Crippen LogP contribution in [-0.2, 0) is 27.3 Å². The van der Waals surface area contributed by atoms with Gasteiger partial charge in [0.1, 0.15) is 22.1 Å². The van der Waals surface area contributed by atoms with Gasteiger partial charge in [0.15, 0.2) is 0 Å². The first kappa shape index (κ1) is 23.2. The molecule has 0 aliphatic rings. The number of carbonyl (C=O) groups is 3. The Bertz CT molecular complexity index is 1310. The summed E-state index contributed by atoms with van der Waals surface area (Å²) in [6.45, 7) is 3.59. The van der Waals surface area contributed by atoms with Crippen molar-refractivity contribution in [3.05, 3.63) is 88.2 Å². The first-order valence-corrected chi connectivity index (χ1v) is 11.5. The van der Waals surface area contributed by atoms with Gasteiger partial charge in [0.25, 0.3) is 0 Å². The fourth-order valence-corrected chi connectivity index (χ4v) is 4.55. The molecule has 9 heteroatoms. The van der Waals surface area contributed by atoms with Gasteiger partial charge in [-0.25, -0.2) is 14.6 Å². The highest BCUT2D eigenvalue weighted by molar-refractivity contribution is 7.18. The highest BCUT2D eigenvalue weighted by Gasteiger charge is 2.27. The molecular formula is C25H23N3O5S. The number of hydrogen-bond donors (Lipinski definition) is 1. The topological polar surface area (TPSA) is 99.0 Å². The van der Waals surface area contributed by atoms with Gasteiger partial charge in [-0.1, -0.05) is 36.4 Å². The van der Waals surface area contributed by atoms with Gasteiger partial charge in [0, 0.05) is 12.4 Å². The van der Waals surface area contributed by atoms with Gasteiger partial charge in [-0.2, -0.15) is 0 Å². The van der Waals surface area contributed by atoms with Gasteiger partial charge >= 0.3 is 11.9 Å². The summed E-state index contributed by atoms with van der Waals surface area (Å²) >= 11 is 0.995. The first-order valence-electron chi connectivity index (χ1n) is 10.7. The van der Waals surface area contributed by atoms with Gasteiger partial charge in [0.05, 0.1) is 24.3 Å². The number of pyridine rings is 1. The third-order valence-corrected chi connectivity index (χ3v) is 6.22. The average molecular weight is 478 g/mol. The second-order valence-electron chi connectivity index (χ2n) is 7.47. The summed E-state index contributed by atoms with van der Waals surface area (Å²) in [4.78, 5) is 42.8. The van der Waals surface area contributed by atoms with E-state index in [1.807, 2.05) is 59.1 Å². The van der Waals surface area contributed by atoms with Crippen LogP contribution in [0.4, 0.5) is 5.00 Å². The average Bonchev–Trinajstić information content (AvgIpc) is 3.38. The fraction of sp³-hybridized carbons (Fsp3) is 0.200. The number of aromatic nitrogens is 2. The van der Waals surface area contributed by atoms with E-state index >= 15 is 0 Å². The zero-order valence-corrected chi connectivity index (χ0v) is 19.6. The van der Waals surface area contributed by atoms with Crippen LogP contribution < -0.4 is 5.32 Å². The molecule has 0 spiro atoms. The molecule has 0 atom stereocenters. The lowest BCUT2D eigenvalue weighted by Gasteiger charge is -2.06. The molecule has 174 valence electrons. The molecule has 4 aromatic rings. The van der Waals surface area contributed by atoms with Crippen LogP contribution in [0.3, 0.4) is 0 Å². The maximum atomic E-state index is 12.8. The van der Waals surface area contributed by atoms with Crippen molar-refractivity contribution in [3.8, 4) is 0 Å². The van der Waals surface area contributed by atoms with Crippen LogP contribution in [-0.4, -0.2) is 33.8 Å². The second-order valence-corrected chi connectivity index (χ2v) is 8.49. The lowest BCUT2D eigenvalue weighted by molar-refractivity contribution is -0.115. The zero-order valence-electron chi connectivity index (χ0n) is 18.7. The van der Waals surface area contributed by atoms with Crippen LogP contribution in [0.5, 0.6) is 0 Å². The van der Waals surface area contributed by atoms with Crippen LogP contribution >= 0.6 is 11.3 Å². The van der Waals surface area contributed by atoms with Crippen LogP contribution in [0.2, 0.25) is 0 Å². The van der Waals surface area contributed by atoms with Gasteiger partial charge in [0.2, 0.25) is 5.91 Å². The van der Waals surface area contributed by atoms with Crippen molar-refractivity contribution < 1.29 is 23.9 Å². The Labute approximate surface area is 200 Å². The molecular weight excluding hydrogens is 454 g/mol. The monoisotopic (exact) mass is 477 g/mol. The van der Waals surface area contributed by atoms with Crippen molar-refractivity contribution in [2.45, 2.75) is 26.9 Å². The van der Waals surface area contributed by atoms with E-state index < -0.39 is 11.9 Å². The van der Waals surface area contributed by atoms with Crippen molar-refractivity contribution in [3.63, 3.8) is 0 Å². The maximum absolute atomic E-state index is 12.8. The van der Waals surface area contributed by atoms with Crippen LogP contribution in [0, 0.1) is 6.92 Å². The van der Waals surface area contributed by atoms with E-state index in [-0.39, 0.29) is 41.0 Å². The molecule has 34 heavy (non-hydrogen) atoms. The summed E-state index contributed by atoms with van der Waals surface area (Å²) in [5.41, 5.74) is 2.72. The zero-order chi connectivity index (χ0) is 24.1. The molecule has 1 amide bonds. The summed E-state index contributed by atoms with van der Waals surface area (Å²) in [6.07, 6.45) is 3.63. The summed E-state index contributed by atoms with van der Waals surface area (Å²) in [5.74, 6) is -1.54. The molecule has 0 unspecified atom stereocenters. The molecule has 0 aliphatic heterocycles. The Kier molecular flexibility index (Phi) is 7.03. The second kappa shape index (κ2) is 10.3. The summed E-state index contributed by atoms with van der Waals surface area (Å²) < 4.78 is 12.4. The SMILES string of the molecule is CCOC(=O)c1c(NC(=O)Cc2cn3ccccc3n2)sc(C(=O)OCc2ccccc2)c1C. The van der Waals surface area contributed by atoms with E-state index in [2.05, 4.69) is 10.3 Å². The fourth-order valence-electron chi connectivity index (χ4n) is 3.44. The van der Waals surface area contributed by atoms with Crippen LogP contribution in [0.15, 0.2) is 60.9 Å². The quantitative estimate of drug-likeness (QED) is 0.377. The van der Waals surface area contributed by atoms with E-state index in [9.17, 15) is 14.4 Å². The third kappa shape index (κ3) is 5.15. The number of rotatable bonds is 8. The molecule has 0 saturated heterocycles. The summed E-state index contributed by atoms with van der Waals surface area (Å²) in [5, 5.41) is 3.00. The minimum atomic E-state index is -0.610. The number of nitrogens with one attached hydrogen (secondary N) is 1. The predicted molar refractivity (Wildman–Crippen MR) is 128 cm³/mol. The molecule has 8 nitrogen and oxygen atoms in total. The number of imidazole rings is 1. The van der Waals surface area contributed by atoms with Gasteiger partial charge in [-0.05, 0) is 37.1 Å². The normalized spacial score (nSPS) is 10.8. The van der Waals surface area contributed by atoms with E-state index in [0.29, 0.717) is 11.3 Å². The number of anilines is 1. The highest BCUT2D eigenvalue weighted by atomic mass is 32.1. The Morgan fingerprint density at radius 3 is 2.53 bits per heavy atom.